The van der Waals surface area contributed by atoms with Crippen LogP contribution in [0.25, 0.3) is 67.5 Å². The van der Waals surface area contributed by atoms with Crippen LogP contribution in [-0.4, -0.2) is 9.97 Å². The number of fused-ring (bicyclic) bond motifs is 3. The molecule has 0 N–H and O–H groups in total. The quantitative estimate of drug-likeness (QED) is 0.215. The van der Waals surface area contributed by atoms with Crippen LogP contribution >= 0.6 is 0 Å². The van der Waals surface area contributed by atoms with Crippen LogP contribution in [0.3, 0.4) is 0 Å². The Morgan fingerprint density at radius 1 is 0.400 bits per heavy atom. The molecule has 0 aliphatic carbocycles. The van der Waals surface area contributed by atoms with Crippen LogP contribution in [0.15, 0.2) is 146 Å². The van der Waals surface area contributed by atoms with E-state index in [1.807, 2.05) is 12.1 Å². The Kier molecular flexibility index (Phi) is 6.20. The summed E-state index contributed by atoms with van der Waals surface area (Å²) in [5.74, 6) is 0. The highest BCUT2D eigenvalue weighted by atomic mass is 14.8. The summed E-state index contributed by atoms with van der Waals surface area (Å²) in [5, 5.41) is 2.18. The maximum atomic E-state index is 5.27. The minimum absolute atomic E-state index is 0.899. The molecule has 5 aromatic carbocycles. The van der Waals surface area contributed by atoms with Gasteiger partial charge in [-0.3, -0.25) is 0 Å². The highest BCUT2D eigenvalue weighted by Gasteiger charge is 2.16. The summed E-state index contributed by atoms with van der Waals surface area (Å²) >= 11 is 0. The van der Waals surface area contributed by atoms with Crippen molar-refractivity contribution in [1.82, 2.24) is 9.97 Å². The van der Waals surface area contributed by atoms with Crippen LogP contribution in [0.2, 0.25) is 0 Å². The third kappa shape index (κ3) is 4.57. The van der Waals surface area contributed by atoms with Crippen LogP contribution in [0.4, 0.5) is 0 Å². The van der Waals surface area contributed by atoms with Crippen LogP contribution in [0.5, 0.6) is 0 Å². The summed E-state index contributed by atoms with van der Waals surface area (Å²) in [6.45, 7) is 0. The van der Waals surface area contributed by atoms with Gasteiger partial charge in [0.15, 0.2) is 0 Å². The van der Waals surface area contributed by atoms with Crippen LogP contribution in [0.1, 0.15) is 11.3 Å². The van der Waals surface area contributed by atoms with Crippen molar-refractivity contribution in [2.24, 2.45) is 0 Å². The Morgan fingerprint density at radius 3 is 1.45 bits per heavy atom. The summed E-state index contributed by atoms with van der Waals surface area (Å²) in [4.78, 5) is 10.5. The fourth-order valence-electron chi connectivity index (χ4n) is 5.30. The highest BCUT2D eigenvalue weighted by Crippen LogP contribution is 2.38. The van der Waals surface area contributed by atoms with Crippen molar-refractivity contribution in [3.63, 3.8) is 0 Å². The van der Waals surface area contributed by atoms with Crippen LogP contribution < -0.4 is 0 Å². The molecule has 7 rings (SSSR count). The smallest absolute Gasteiger partial charge is 0.0978 e. The van der Waals surface area contributed by atoms with Crippen molar-refractivity contribution in [1.29, 1.82) is 0 Å². The van der Waals surface area contributed by atoms with Gasteiger partial charge in [0.25, 0.3) is 0 Å². The van der Waals surface area contributed by atoms with Gasteiger partial charge in [-0.25, -0.2) is 9.97 Å². The number of rotatable bonds is 5. The number of pyridine rings is 2. The molecular weight excluding hydrogens is 484 g/mol. The second-order valence-electron chi connectivity index (χ2n) is 9.85. The third-order valence-electron chi connectivity index (χ3n) is 7.26. The predicted octanol–water partition coefficient (Wildman–Crippen LogP) is 9.95. The second kappa shape index (κ2) is 10.4. The number of hydrogen-bond acceptors (Lipinski definition) is 2. The molecule has 0 amide bonds. The standard InChI is InChI=1S/C38H26N2/c1-5-13-27(14-6-1)21-22-31-25-34(28-15-7-2-8-16-28)32-23-24-33-35(29-17-9-3-10-18-29)26-36(30-19-11-4-12-20-30)40-38(33)37(32)39-31/h1-26H. The first-order valence-electron chi connectivity index (χ1n) is 13.5. The van der Waals surface area contributed by atoms with Crippen molar-refractivity contribution in [2.75, 3.05) is 0 Å². The predicted molar refractivity (Wildman–Crippen MR) is 169 cm³/mol. The SMILES string of the molecule is C(=Cc1cc(-c2ccccc2)c2ccc3c(-c4ccccc4)cc(-c4ccccc4)nc3c2n1)c1ccccc1. The molecular formula is C38H26N2. The zero-order valence-electron chi connectivity index (χ0n) is 21.9. The summed E-state index contributed by atoms with van der Waals surface area (Å²) in [7, 11) is 0. The third-order valence-corrected chi connectivity index (χ3v) is 7.26. The Labute approximate surface area is 234 Å². The first kappa shape index (κ1) is 23.8. The molecule has 40 heavy (non-hydrogen) atoms. The van der Waals surface area contributed by atoms with E-state index in [4.69, 9.17) is 9.97 Å². The van der Waals surface area contributed by atoms with Gasteiger partial charge in [0.1, 0.15) is 0 Å². The van der Waals surface area contributed by atoms with E-state index >= 15 is 0 Å². The normalized spacial score (nSPS) is 11.4. The van der Waals surface area contributed by atoms with Gasteiger partial charge in [0, 0.05) is 16.3 Å². The lowest BCUT2D eigenvalue weighted by Gasteiger charge is -2.14. The Balaban J connectivity index is 1.55. The Hall–Kier alpha value is -5.34. The van der Waals surface area contributed by atoms with Gasteiger partial charge in [-0.2, -0.15) is 0 Å². The summed E-state index contributed by atoms with van der Waals surface area (Å²) in [6, 6.07) is 50.6. The monoisotopic (exact) mass is 510 g/mol. The van der Waals surface area contributed by atoms with E-state index in [0.29, 0.717) is 0 Å². The van der Waals surface area contributed by atoms with E-state index in [1.54, 1.807) is 0 Å². The van der Waals surface area contributed by atoms with Gasteiger partial charge in [-0.05, 0) is 46.0 Å². The average Bonchev–Trinajstić information content (AvgIpc) is 3.04. The van der Waals surface area contributed by atoms with Gasteiger partial charge >= 0.3 is 0 Å². The highest BCUT2D eigenvalue weighted by molar-refractivity contribution is 6.13. The first-order chi connectivity index (χ1) is 19.8. The maximum absolute atomic E-state index is 5.27. The van der Waals surface area contributed by atoms with E-state index in [9.17, 15) is 0 Å². The van der Waals surface area contributed by atoms with Crippen molar-refractivity contribution in [2.45, 2.75) is 0 Å². The molecule has 2 heterocycles. The van der Waals surface area contributed by atoms with Crippen molar-refractivity contribution in [3.05, 3.63) is 157 Å². The minimum atomic E-state index is 0.899. The zero-order valence-corrected chi connectivity index (χ0v) is 21.9. The van der Waals surface area contributed by atoms with Crippen LogP contribution in [-0.2, 0) is 0 Å². The topological polar surface area (TPSA) is 25.8 Å². The molecule has 0 unspecified atom stereocenters. The molecule has 188 valence electrons. The van der Waals surface area contributed by atoms with E-state index in [-0.39, 0.29) is 0 Å². The van der Waals surface area contributed by atoms with E-state index in [1.165, 1.54) is 0 Å². The largest absolute Gasteiger partial charge is 0.246 e. The van der Waals surface area contributed by atoms with Gasteiger partial charge < -0.3 is 0 Å². The molecule has 0 saturated heterocycles. The lowest BCUT2D eigenvalue weighted by atomic mass is 9.94. The van der Waals surface area contributed by atoms with E-state index in [0.717, 1.165) is 66.6 Å². The lowest BCUT2D eigenvalue weighted by molar-refractivity contribution is 1.35. The second-order valence-corrected chi connectivity index (χ2v) is 9.85. The van der Waals surface area contributed by atoms with Gasteiger partial charge in [-0.1, -0.05) is 140 Å². The lowest BCUT2D eigenvalue weighted by Crippen LogP contribution is -1.95. The van der Waals surface area contributed by atoms with Gasteiger partial charge in [0.2, 0.25) is 0 Å². The molecule has 0 aliphatic rings. The van der Waals surface area contributed by atoms with Gasteiger partial charge in [-0.15, -0.1) is 0 Å². The molecule has 2 heteroatoms. The minimum Gasteiger partial charge on any atom is -0.246 e. The number of nitrogens with zero attached hydrogens (tertiary/aromatic N) is 2. The first-order valence-corrected chi connectivity index (χ1v) is 13.5. The zero-order chi connectivity index (χ0) is 26.7. The van der Waals surface area contributed by atoms with Crippen LogP contribution in [0, 0.1) is 0 Å². The molecule has 0 fully saturated rings. The summed E-state index contributed by atoms with van der Waals surface area (Å²) < 4.78 is 0. The molecule has 0 spiro atoms. The maximum Gasteiger partial charge on any atom is 0.0978 e. The van der Waals surface area contributed by atoms with Gasteiger partial charge in [0.05, 0.1) is 22.4 Å². The average molecular weight is 511 g/mol. The van der Waals surface area contributed by atoms with Crippen molar-refractivity contribution < 1.29 is 0 Å². The molecule has 0 saturated carbocycles. The van der Waals surface area contributed by atoms with E-state index in [2.05, 4.69) is 146 Å². The molecule has 0 bridgehead atoms. The van der Waals surface area contributed by atoms with Crippen molar-refractivity contribution >= 4 is 34.0 Å². The molecule has 0 atom stereocenters. The number of aromatic nitrogens is 2. The van der Waals surface area contributed by atoms with Crippen molar-refractivity contribution in [3.8, 4) is 33.5 Å². The Bertz CT molecular complexity index is 1960. The number of benzene rings is 5. The molecule has 2 aromatic heterocycles. The summed E-state index contributed by atoms with van der Waals surface area (Å²) in [5.41, 5.74) is 10.5. The fraction of sp³-hybridized carbons (Fsp3) is 0. The summed E-state index contributed by atoms with van der Waals surface area (Å²) in [6.07, 6.45) is 4.21. The Morgan fingerprint density at radius 2 is 0.875 bits per heavy atom. The fourth-order valence-corrected chi connectivity index (χ4v) is 5.30. The molecule has 7 aromatic rings. The molecule has 2 nitrogen and oxygen atoms in total. The molecule has 0 radical (unpaired) electrons. The number of hydrogen-bond donors (Lipinski definition) is 0. The van der Waals surface area contributed by atoms with E-state index < -0.39 is 0 Å². The molecule has 0 aliphatic heterocycles.